The molecular formula is C19H15N7O3S. The maximum absolute atomic E-state index is 12.9. The molecule has 4 N–H and O–H groups in total. The first kappa shape index (κ1) is 19.3. The summed E-state index contributed by atoms with van der Waals surface area (Å²) in [4.78, 5) is 48.1. The predicted molar refractivity (Wildman–Crippen MR) is 108 cm³/mol. The molecule has 2 amide bonds. The first-order valence-electron chi connectivity index (χ1n) is 8.84. The number of aromatic nitrogens is 5. The van der Waals surface area contributed by atoms with Crippen LogP contribution < -0.4 is 11.1 Å². The van der Waals surface area contributed by atoms with E-state index in [1.165, 1.54) is 12.4 Å². The molecule has 1 atom stereocenters. The van der Waals surface area contributed by atoms with Crippen molar-refractivity contribution >= 4 is 40.2 Å². The van der Waals surface area contributed by atoms with Gasteiger partial charge in [-0.15, -0.1) is 0 Å². The third-order valence-electron chi connectivity index (χ3n) is 4.44. The van der Waals surface area contributed by atoms with Crippen molar-refractivity contribution in [3.05, 3.63) is 60.2 Å². The summed E-state index contributed by atoms with van der Waals surface area (Å²) in [5, 5.41) is 3.44. The Hall–Kier alpha value is -3.99. The van der Waals surface area contributed by atoms with Gasteiger partial charge in [-0.2, -0.15) is 8.75 Å². The van der Waals surface area contributed by atoms with E-state index >= 15 is 0 Å². The lowest BCUT2D eigenvalue weighted by Gasteiger charge is -2.15. The summed E-state index contributed by atoms with van der Waals surface area (Å²) in [7, 11) is 0. The lowest BCUT2D eigenvalue weighted by atomic mass is 10.0. The Bertz CT molecular complexity index is 1240. The number of para-hydroxylation sites is 1. The fraction of sp³-hybridized carbons (Fsp3) is 0.105. The average Bonchev–Trinajstić information content (AvgIpc) is 3.41. The zero-order valence-electron chi connectivity index (χ0n) is 15.4. The van der Waals surface area contributed by atoms with Gasteiger partial charge in [0, 0.05) is 35.9 Å². The van der Waals surface area contributed by atoms with E-state index in [1.54, 1.807) is 12.3 Å². The van der Waals surface area contributed by atoms with E-state index in [0.29, 0.717) is 0 Å². The van der Waals surface area contributed by atoms with Crippen molar-refractivity contribution < 1.29 is 14.4 Å². The molecule has 3 aromatic heterocycles. The molecule has 30 heavy (non-hydrogen) atoms. The Kier molecular flexibility index (Phi) is 5.26. The number of hydrogen-bond donors (Lipinski definition) is 3. The van der Waals surface area contributed by atoms with Gasteiger partial charge in [0.25, 0.3) is 11.8 Å². The van der Waals surface area contributed by atoms with E-state index in [4.69, 9.17) is 5.73 Å². The van der Waals surface area contributed by atoms with E-state index in [2.05, 4.69) is 29.0 Å². The Morgan fingerprint density at radius 1 is 1.10 bits per heavy atom. The van der Waals surface area contributed by atoms with Crippen LogP contribution in [-0.2, 0) is 16.0 Å². The summed E-state index contributed by atoms with van der Waals surface area (Å²) in [6.45, 7) is 0. The monoisotopic (exact) mass is 421 g/mol. The number of carbonyl (C=O) groups is 3. The maximum atomic E-state index is 12.9. The summed E-state index contributed by atoms with van der Waals surface area (Å²) < 4.78 is 8.08. The van der Waals surface area contributed by atoms with Crippen LogP contribution in [0.4, 0.5) is 0 Å². The molecule has 0 aliphatic carbocycles. The number of nitrogens with zero attached hydrogens (tertiary/aromatic N) is 4. The number of aromatic amines is 1. The van der Waals surface area contributed by atoms with Crippen LogP contribution in [0, 0.1) is 0 Å². The first-order valence-corrected chi connectivity index (χ1v) is 9.57. The summed E-state index contributed by atoms with van der Waals surface area (Å²) in [6.07, 6.45) is 4.83. The van der Waals surface area contributed by atoms with Crippen molar-refractivity contribution in [1.82, 2.24) is 29.0 Å². The molecule has 3 heterocycles. The second-order valence-corrected chi connectivity index (χ2v) is 6.88. The van der Waals surface area contributed by atoms with Gasteiger partial charge in [-0.3, -0.25) is 14.4 Å². The molecule has 4 aromatic rings. The smallest absolute Gasteiger partial charge is 0.287 e. The van der Waals surface area contributed by atoms with E-state index in [0.717, 1.165) is 28.2 Å². The van der Waals surface area contributed by atoms with Crippen molar-refractivity contribution in [2.45, 2.75) is 12.5 Å². The summed E-state index contributed by atoms with van der Waals surface area (Å²) >= 11 is 0.816. The summed E-state index contributed by atoms with van der Waals surface area (Å²) in [5.41, 5.74) is 6.99. The van der Waals surface area contributed by atoms with Crippen LogP contribution >= 0.6 is 11.7 Å². The zero-order valence-corrected chi connectivity index (χ0v) is 16.2. The highest BCUT2D eigenvalue weighted by molar-refractivity contribution is 6.99. The number of fused-ring (bicyclic) bond motifs is 1. The Morgan fingerprint density at radius 3 is 2.63 bits per heavy atom. The van der Waals surface area contributed by atoms with Gasteiger partial charge in [0.05, 0.1) is 11.7 Å². The van der Waals surface area contributed by atoms with Gasteiger partial charge in [0.15, 0.2) is 17.2 Å². The van der Waals surface area contributed by atoms with Gasteiger partial charge in [0.1, 0.15) is 6.04 Å². The standard InChI is InChI=1S/C19H15N7O3S/c20-17(28)16(27)13(8-10-9-23-12-5-2-1-4-11(10)12)24-19(29)15-14(25-30-26-15)18-21-6-3-7-22-18/h1-7,9,13,23H,8H2,(H2,20,28)(H,24,29). The molecule has 10 nitrogen and oxygen atoms in total. The van der Waals surface area contributed by atoms with Crippen LogP contribution in [0.3, 0.4) is 0 Å². The fourth-order valence-corrected chi connectivity index (χ4v) is 3.58. The lowest BCUT2D eigenvalue weighted by molar-refractivity contribution is -0.137. The van der Waals surface area contributed by atoms with Crippen molar-refractivity contribution in [3.8, 4) is 11.5 Å². The lowest BCUT2D eigenvalue weighted by Crippen LogP contribution is -2.47. The number of hydrogen-bond acceptors (Lipinski definition) is 8. The van der Waals surface area contributed by atoms with E-state index in [-0.39, 0.29) is 23.6 Å². The number of rotatable bonds is 7. The van der Waals surface area contributed by atoms with Gasteiger partial charge < -0.3 is 16.0 Å². The van der Waals surface area contributed by atoms with Crippen LogP contribution in [-0.4, -0.2) is 47.3 Å². The second kappa shape index (κ2) is 8.17. The fourth-order valence-electron chi connectivity index (χ4n) is 3.03. The van der Waals surface area contributed by atoms with Crippen molar-refractivity contribution in [2.75, 3.05) is 0 Å². The molecule has 0 saturated heterocycles. The molecule has 150 valence electrons. The van der Waals surface area contributed by atoms with Gasteiger partial charge in [0.2, 0.25) is 5.78 Å². The van der Waals surface area contributed by atoms with Crippen molar-refractivity contribution in [3.63, 3.8) is 0 Å². The molecule has 11 heteroatoms. The van der Waals surface area contributed by atoms with Crippen LogP contribution in [0.15, 0.2) is 48.9 Å². The Morgan fingerprint density at radius 2 is 1.87 bits per heavy atom. The topological polar surface area (TPSA) is 157 Å². The SMILES string of the molecule is NC(=O)C(=O)C(Cc1c[nH]c2ccccc12)NC(=O)c1nsnc1-c1ncccn1. The highest BCUT2D eigenvalue weighted by atomic mass is 32.1. The minimum atomic E-state index is -1.17. The number of nitrogens with one attached hydrogen (secondary N) is 2. The molecule has 4 rings (SSSR count). The van der Waals surface area contributed by atoms with Crippen LogP contribution in [0.2, 0.25) is 0 Å². The number of nitrogens with two attached hydrogens (primary N) is 1. The molecular weight excluding hydrogens is 406 g/mol. The second-order valence-electron chi connectivity index (χ2n) is 6.35. The molecule has 0 aliphatic heterocycles. The minimum Gasteiger partial charge on any atom is -0.363 e. The minimum absolute atomic E-state index is 0.0348. The highest BCUT2D eigenvalue weighted by Gasteiger charge is 2.29. The molecule has 0 fully saturated rings. The number of primary amides is 1. The van der Waals surface area contributed by atoms with Gasteiger partial charge in [-0.1, -0.05) is 18.2 Å². The number of Topliss-reactive ketones (excluding diaryl/α,β-unsaturated/α-hetero) is 1. The number of ketones is 1. The van der Waals surface area contributed by atoms with Crippen LogP contribution in [0.1, 0.15) is 16.1 Å². The number of carbonyl (C=O) groups excluding carboxylic acids is 3. The van der Waals surface area contributed by atoms with E-state index in [9.17, 15) is 14.4 Å². The van der Waals surface area contributed by atoms with Gasteiger partial charge >= 0.3 is 0 Å². The highest BCUT2D eigenvalue weighted by Crippen LogP contribution is 2.21. The third-order valence-corrected chi connectivity index (χ3v) is 4.97. The van der Waals surface area contributed by atoms with E-state index < -0.39 is 23.6 Å². The van der Waals surface area contributed by atoms with Crippen molar-refractivity contribution in [2.24, 2.45) is 5.73 Å². The number of amides is 2. The molecule has 0 radical (unpaired) electrons. The summed E-state index contributed by atoms with van der Waals surface area (Å²) in [6, 6.07) is 7.96. The molecule has 0 aliphatic rings. The Balaban J connectivity index is 1.62. The molecule has 1 unspecified atom stereocenters. The molecule has 0 saturated carbocycles. The number of H-pyrrole nitrogens is 1. The van der Waals surface area contributed by atoms with E-state index in [1.807, 2.05) is 24.3 Å². The molecule has 0 spiro atoms. The predicted octanol–water partition coefficient (Wildman–Crippen LogP) is 0.872. The number of benzene rings is 1. The van der Waals surface area contributed by atoms with Gasteiger partial charge in [-0.25, -0.2) is 9.97 Å². The zero-order chi connectivity index (χ0) is 21.1. The van der Waals surface area contributed by atoms with Crippen LogP contribution in [0.5, 0.6) is 0 Å². The third kappa shape index (κ3) is 3.78. The molecule has 0 bridgehead atoms. The van der Waals surface area contributed by atoms with Crippen LogP contribution in [0.25, 0.3) is 22.4 Å². The summed E-state index contributed by atoms with van der Waals surface area (Å²) in [5.74, 6) is -2.49. The maximum Gasteiger partial charge on any atom is 0.287 e. The van der Waals surface area contributed by atoms with Gasteiger partial charge in [-0.05, 0) is 17.7 Å². The molecule has 1 aromatic carbocycles. The largest absolute Gasteiger partial charge is 0.363 e. The first-order chi connectivity index (χ1) is 14.5. The Labute approximate surface area is 173 Å². The normalized spacial score (nSPS) is 11.9. The quantitative estimate of drug-likeness (QED) is 0.374. The average molecular weight is 421 g/mol. The van der Waals surface area contributed by atoms with Crippen molar-refractivity contribution in [1.29, 1.82) is 0 Å².